The third kappa shape index (κ3) is 7.68. The van der Waals surface area contributed by atoms with Crippen LogP contribution in [0.4, 0.5) is 23.2 Å². The Balaban J connectivity index is 0.000000374. The van der Waals surface area contributed by atoms with E-state index in [1.807, 2.05) is 6.07 Å². The Bertz CT molecular complexity index is 994. The topological polar surface area (TPSA) is 49.9 Å². The van der Waals surface area contributed by atoms with Crippen LogP contribution in [0.25, 0.3) is 0 Å². The minimum atomic E-state index is -4.28. The number of piperazine rings is 1. The SMILES string of the molecule is CS(=O)(=O)c1cccc(N2CCN(CC3CCC(C(F)(F)F)O3)CC2)c1.Fc1ccccc1. The lowest BCUT2D eigenvalue weighted by atomic mass is 10.1. The highest BCUT2D eigenvalue weighted by Gasteiger charge is 2.45. The van der Waals surface area contributed by atoms with Crippen LogP contribution in [0.1, 0.15) is 12.8 Å². The van der Waals surface area contributed by atoms with E-state index in [9.17, 15) is 26.0 Å². The van der Waals surface area contributed by atoms with Crippen LogP contribution in [0.5, 0.6) is 0 Å². The Morgan fingerprint density at radius 1 is 0.970 bits per heavy atom. The fourth-order valence-electron chi connectivity index (χ4n) is 3.88. The van der Waals surface area contributed by atoms with E-state index >= 15 is 0 Å². The van der Waals surface area contributed by atoms with Crippen LogP contribution in [0, 0.1) is 5.82 Å². The number of sulfone groups is 1. The number of anilines is 1. The minimum absolute atomic E-state index is 0.0341. The molecule has 2 aromatic carbocycles. The highest BCUT2D eigenvalue weighted by atomic mass is 32.2. The molecule has 4 rings (SSSR count). The molecule has 0 bridgehead atoms. The molecule has 2 heterocycles. The lowest BCUT2D eigenvalue weighted by Crippen LogP contribution is -2.48. The van der Waals surface area contributed by atoms with Crippen molar-refractivity contribution in [2.24, 2.45) is 0 Å². The number of benzene rings is 2. The Hall–Kier alpha value is -2.17. The summed E-state index contributed by atoms with van der Waals surface area (Å²) in [5, 5.41) is 0. The first-order valence-electron chi connectivity index (χ1n) is 10.7. The van der Waals surface area contributed by atoms with Gasteiger partial charge < -0.3 is 9.64 Å². The molecule has 5 nitrogen and oxygen atoms in total. The normalized spacial score (nSPS) is 22.0. The molecule has 10 heteroatoms. The number of ether oxygens (including phenoxy) is 1. The molecule has 2 aliphatic rings. The molecule has 33 heavy (non-hydrogen) atoms. The molecule has 2 saturated heterocycles. The zero-order valence-corrected chi connectivity index (χ0v) is 19.2. The zero-order chi connectivity index (χ0) is 24.1. The third-order valence-corrected chi connectivity index (χ3v) is 6.76. The summed E-state index contributed by atoms with van der Waals surface area (Å²) in [6, 6.07) is 14.8. The third-order valence-electron chi connectivity index (χ3n) is 5.65. The van der Waals surface area contributed by atoms with E-state index in [0.717, 1.165) is 5.69 Å². The highest BCUT2D eigenvalue weighted by molar-refractivity contribution is 7.90. The monoisotopic (exact) mass is 488 g/mol. The predicted octanol–water partition coefficient (Wildman–Crippen LogP) is 4.15. The van der Waals surface area contributed by atoms with Gasteiger partial charge in [0.1, 0.15) is 5.82 Å². The summed E-state index contributed by atoms with van der Waals surface area (Å²) in [6.45, 7) is 3.31. The molecule has 0 radical (unpaired) electrons. The van der Waals surface area contributed by atoms with Crippen molar-refractivity contribution in [3.8, 4) is 0 Å². The zero-order valence-electron chi connectivity index (χ0n) is 18.3. The number of hydrogen-bond donors (Lipinski definition) is 0. The summed E-state index contributed by atoms with van der Waals surface area (Å²) in [4.78, 5) is 4.49. The van der Waals surface area contributed by atoms with Crippen LogP contribution < -0.4 is 4.90 Å². The first kappa shape index (κ1) is 25.5. The van der Waals surface area contributed by atoms with Gasteiger partial charge in [-0.05, 0) is 43.2 Å². The second kappa shape index (κ2) is 10.8. The maximum absolute atomic E-state index is 12.7. The van der Waals surface area contributed by atoms with E-state index in [2.05, 4.69) is 9.80 Å². The molecule has 0 saturated carbocycles. The van der Waals surface area contributed by atoms with Crippen LogP contribution in [0.15, 0.2) is 59.5 Å². The van der Waals surface area contributed by atoms with Gasteiger partial charge >= 0.3 is 6.18 Å². The summed E-state index contributed by atoms with van der Waals surface area (Å²) < 4.78 is 78.5. The predicted molar refractivity (Wildman–Crippen MR) is 119 cm³/mol. The first-order valence-corrected chi connectivity index (χ1v) is 12.6. The Kier molecular flexibility index (Phi) is 8.36. The number of halogens is 4. The van der Waals surface area contributed by atoms with E-state index in [0.29, 0.717) is 39.1 Å². The summed E-state index contributed by atoms with van der Waals surface area (Å²) in [5.74, 6) is -0.178. The Morgan fingerprint density at radius 2 is 1.64 bits per heavy atom. The van der Waals surface area contributed by atoms with Crippen LogP contribution >= 0.6 is 0 Å². The largest absolute Gasteiger partial charge is 0.414 e. The van der Waals surface area contributed by atoms with Gasteiger partial charge in [-0.15, -0.1) is 0 Å². The molecule has 2 aromatic rings. The smallest absolute Gasteiger partial charge is 0.369 e. The number of nitrogens with zero attached hydrogens (tertiary/aromatic N) is 2. The van der Waals surface area contributed by atoms with Crippen molar-refractivity contribution in [3.05, 3.63) is 60.4 Å². The number of rotatable bonds is 4. The van der Waals surface area contributed by atoms with Gasteiger partial charge in [0, 0.05) is 44.7 Å². The lowest BCUT2D eigenvalue weighted by molar-refractivity contribution is -0.215. The van der Waals surface area contributed by atoms with Gasteiger partial charge in [0.2, 0.25) is 0 Å². The molecule has 2 unspecified atom stereocenters. The average Bonchev–Trinajstić information content (AvgIpc) is 3.24. The van der Waals surface area contributed by atoms with Gasteiger partial charge in [0.25, 0.3) is 0 Å². The summed E-state index contributed by atoms with van der Waals surface area (Å²) in [7, 11) is -3.25. The molecule has 0 N–H and O–H groups in total. The van der Waals surface area contributed by atoms with E-state index < -0.39 is 22.1 Å². The molecular weight excluding hydrogens is 460 g/mol. The Labute approximate surface area is 191 Å². The minimum Gasteiger partial charge on any atom is -0.369 e. The van der Waals surface area contributed by atoms with Crippen molar-refractivity contribution in [2.75, 3.05) is 43.9 Å². The van der Waals surface area contributed by atoms with Gasteiger partial charge in [-0.1, -0.05) is 24.3 Å². The van der Waals surface area contributed by atoms with Crippen LogP contribution in [0.2, 0.25) is 0 Å². The molecule has 2 atom stereocenters. The summed E-state index contributed by atoms with van der Waals surface area (Å²) >= 11 is 0. The van der Waals surface area contributed by atoms with E-state index in [4.69, 9.17) is 4.74 Å². The molecule has 0 spiro atoms. The van der Waals surface area contributed by atoms with Crippen molar-refractivity contribution in [3.63, 3.8) is 0 Å². The van der Waals surface area contributed by atoms with Gasteiger partial charge in [0.05, 0.1) is 11.0 Å². The van der Waals surface area contributed by atoms with Crippen molar-refractivity contribution in [1.29, 1.82) is 0 Å². The fraction of sp³-hybridized carbons (Fsp3) is 0.478. The molecule has 0 amide bonds. The van der Waals surface area contributed by atoms with E-state index in [1.54, 1.807) is 36.4 Å². The van der Waals surface area contributed by atoms with Crippen LogP contribution in [0.3, 0.4) is 0 Å². The molecule has 0 aliphatic carbocycles. The average molecular weight is 489 g/mol. The quantitative estimate of drug-likeness (QED) is 0.606. The van der Waals surface area contributed by atoms with Crippen molar-refractivity contribution in [2.45, 2.75) is 36.1 Å². The lowest BCUT2D eigenvalue weighted by Gasteiger charge is -2.37. The summed E-state index contributed by atoms with van der Waals surface area (Å²) in [5.41, 5.74) is 0.849. The van der Waals surface area contributed by atoms with Gasteiger partial charge in [-0.2, -0.15) is 13.2 Å². The summed E-state index contributed by atoms with van der Waals surface area (Å²) in [6.07, 6.45) is -4.64. The van der Waals surface area contributed by atoms with Crippen LogP contribution in [-0.4, -0.2) is 70.7 Å². The van der Waals surface area contributed by atoms with Gasteiger partial charge in [-0.25, -0.2) is 12.8 Å². The van der Waals surface area contributed by atoms with E-state index in [-0.39, 0.29) is 23.2 Å². The maximum Gasteiger partial charge on any atom is 0.414 e. The standard InChI is InChI=1S/C17H23F3N2O3S.C6H5F/c1-26(23,24)15-4-2-3-13(11-15)22-9-7-21(8-10-22)12-14-5-6-16(25-14)17(18,19)20;7-6-4-2-1-3-5-6/h2-4,11,14,16H,5-10,12H2,1H3;1-5H. The molecule has 0 aromatic heterocycles. The van der Waals surface area contributed by atoms with E-state index in [1.165, 1.54) is 18.4 Å². The molecule has 182 valence electrons. The second-order valence-corrected chi connectivity index (χ2v) is 10.2. The van der Waals surface area contributed by atoms with Crippen molar-refractivity contribution in [1.82, 2.24) is 4.90 Å². The molecule has 2 aliphatic heterocycles. The van der Waals surface area contributed by atoms with Gasteiger partial charge in [-0.3, -0.25) is 4.90 Å². The van der Waals surface area contributed by atoms with Crippen LogP contribution in [-0.2, 0) is 14.6 Å². The molecule has 2 fully saturated rings. The van der Waals surface area contributed by atoms with Crippen molar-refractivity contribution < 1.29 is 30.7 Å². The number of alkyl halides is 3. The molecular formula is C23H28F4N2O3S. The fourth-order valence-corrected chi connectivity index (χ4v) is 4.54. The van der Waals surface area contributed by atoms with Gasteiger partial charge in [0.15, 0.2) is 15.9 Å². The van der Waals surface area contributed by atoms with Crippen molar-refractivity contribution >= 4 is 15.5 Å². The first-order chi connectivity index (χ1) is 15.5. The second-order valence-electron chi connectivity index (χ2n) is 8.22. The maximum atomic E-state index is 12.7. The Morgan fingerprint density at radius 3 is 2.15 bits per heavy atom. The number of hydrogen-bond acceptors (Lipinski definition) is 5. The highest BCUT2D eigenvalue weighted by Crippen LogP contribution is 2.33.